The Bertz CT molecular complexity index is 576. The fourth-order valence-corrected chi connectivity index (χ4v) is 5.16. The van der Waals surface area contributed by atoms with Gasteiger partial charge in [0.25, 0.3) is 0 Å². The molecule has 1 fully saturated rings. The van der Waals surface area contributed by atoms with Crippen molar-refractivity contribution in [3.8, 4) is 0 Å². The molecular formula is C14H21NO3S2. The van der Waals surface area contributed by atoms with Crippen molar-refractivity contribution in [2.45, 2.75) is 31.8 Å². The maximum Gasteiger partial charge on any atom is 0.243 e. The molecule has 0 aliphatic carbocycles. The number of sulfonamides is 1. The normalized spacial score (nSPS) is 17.9. The Morgan fingerprint density at radius 2 is 1.95 bits per heavy atom. The van der Waals surface area contributed by atoms with Gasteiger partial charge in [-0.05, 0) is 48.8 Å². The Morgan fingerprint density at radius 3 is 2.65 bits per heavy atom. The number of benzene rings is 1. The first-order chi connectivity index (χ1) is 9.46. The van der Waals surface area contributed by atoms with Crippen LogP contribution in [0.1, 0.15) is 23.1 Å². The summed E-state index contributed by atoms with van der Waals surface area (Å²) in [7, 11) is -3.46. The van der Waals surface area contributed by atoms with Crippen LogP contribution in [0.2, 0.25) is 0 Å². The van der Waals surface area contributed by atoms with Gasteiger partial charge in [-0.3, -0.25) is 0 Å². The van der Waals surface area contributed by atoms with Gasteiger partial charge >= 0.3 is 0 Å². The summed E-state index contributed by atoms with van der Waals surface area (Å²) < 4.78 is 27.1. The first-order valence-electron chi connectivity index (χ1n) is 6.75. The Labute approximate surface area is 125 Å². The van der Waals surface area contributed by atoms with Gasteiger partial charge in [0, 0.05) is 18.8 Å². The predicted octanol–water partition coefficient (Wildman–Crippen LogP) is 1.92. The number of hydrogen-bond acceptors (Lipinski definition) is 4. The van der Waals surface area contributed by atoms with Crippen molar-refractivity contribution < 1.29 is 13.5 Å². The van der Waals surface area contributed by atoms with E-state index in [-0.39, 0.29) is 6.61 Å². The third-order valence-electron chi connectivity index (χ3n) is 3.60. The lowest BCUT2D eigenvalue weighted by Gasteiger charge is -2.21. The number of aliphatic hydroxyl groups is 1. The molecule has 0 radical (unpaired) electrons. The molecule has 0 spiro atoms. The van der Waals surface area contributed by atoms with Crippen LogP contribution >= 0.6 is 11.8 Å². The van der Waals surface area contributed by atoms with Crippen LogP contribution in [0.15, 0.2) is 17.0 Å². The summed E-state index contributed by atoms with van der Waals surface area (Å²) in [6, 6.07) is 3.46. The molecule has 20 heavy (non-hydrogen) atoms. The molecule has 6 heteroatoms. The highest BCUT2D eigenvalue weighted by Crippen LogP contribution is 2.25. The van der Waals surface area contributed by atoms with Gasteiger partial charge < -0.3 is 5.11 Å². The van der Waals surface area contributed by atoms with Crippen molar-refractivity contribution in [1.29, 1.82) is 0 Å². The van der Waals surface area contributed by atoms with Gasteiger partial charge in [-0.1, -0.05) is 6.07 Å². The number of hydrogen-bond donors (Lipinski definition) is 1. The van der Waals surface area contributed by atoms with Gasteiger partial charge in [0.15, 0.2) is 0 Å². The van der Waals surface area contributed by atoms with E-state index in [1.807, 2.05) is 19.9 Å². The monoisotopic (exact) mass is 315 g/mol. The second-order valence-electron chi connectivity index (χ2n) is 5.07. The quantitative estimate of drug-likeness (QED) is 0.926. The topological polar surface area (TPSA) is 57.6 Å². The average molecular weight is 315 g/mol. The first kappa shape index (κ1) is 15.8. The summed E-state index contributed by atoms with van der Waals surface area (Å²) in [6.45, 7) is 4.71. The van der Waals surface area contributed by atoms with Crippen LogP contribution < -0.4 is 0 Å². The molecule has 0 amide bonds. The van der Waals surface area contributed by atoms with Crippen molar-refractivity contribution >= 4 is 21.8 Å². The minimum absolute atomic E-state index is 0.134. The maximum absolute atomic E-state index is 12.8. The van der Waals surface area contributed by atoms with Crippen LogP contribution in [0.5, 0.6) is 0 Å². The van der Waals surface area contributed by atoms with E-state index in [2.05, 4.69) is 0 Å². The molecule has 1 N–H and O–H groups in total. The Morgan fingerprint density at radius 1 is 1.20 bits per heavy atom. The second kappa shape index (κ2) is 6.47. The molecule has 0 unspecified atom stereocenters. The van der Waals surface area contributed by atoms with Gasteiger partial charge in [-0.25, -0.2) is 8.42 Å². The maximum atomic E-state index is 12.8. The van der Waals surface area contributed by atoms with Crippen molar-refractivity contribution in [2.24, 2.45) is 0 Å². The Balaban J connectivity index is 2.42. The molecule has 1 aromatic rings. The molecule has 1 aromatic carbocycles. The number of thioether (sulfide) groups is 1. The highest BCUT2D eigenvalue weighted by molar-refractivity contribution is 7.99. The lowest BCUT2D eigenvalue weighted by Crippen LogP contribution is -2.33. The molecule has 1 heterocycles. The smallest absolute Gasteiger partial charge is 0.243 e. The molecule has 0 atom stereocenters. The minimum Gasteiger partial charge on any atom is -0.392 e. The fraction of sp³-hybridized carbons (Fsp3) is 0.571. The molecule has 0 saturated carbocycles. The SMILES string of the molecule is Cc1cc(C)c(S(=O)(=O)N2CCCSCC2)cc1CO. The van der Waals surface area contributed by atoms with Crippen LogP contribution in [-0.4, -0.2) is 42.4 Å². The second-order valence-corrected chi connectivity index (χ2v) is 8.20. The highest BCUT2D eigenvalue weighted by atomic mass is 32.2. The highest BCUT2D eigenvalue weighted by Gasteiger charge is 2.27. The number of nitrogens with zero attached hydrogens (tertiary/aromatic N) is 1. The molecule has 1 aliphatic rings. The zero-order chi connectivity index (χ0) is 14.8. The van der Waals surface area contributed by atoms with E-state index < -0.39 is 10.0 Å². The molecule has 1 aliphatic heterocycles. The van der Waals surface area contributed by atoms with E-state index in [1.165, 1.54) is 0 Å². The third-order valence-corrected chi connectivity index (χ3v) is 6.69. The standard InChI is InChI=1S/C14H21NO3S2/c1-11-8-12(2)14(9-13(11)10-16)20(17,18)15-4-3-6-19-7-5-15/h8-9,16H,3-7,10H2,1-2H3. The Kier molecular flexibility index (Phi) is 5.12. The molecule has 0 bridgehead atoms. The summed E-state index contributed by atoms with van der Waals surface area (Å²) in [5.74, 6) is 1.86. The van der Waals surface area contributed by atoms with Crippen molar-refractivity contribution in [2.75, 3.05) is 24.6 Å². The van der Waals surface area contributed by atoms with E-state index in [0.717, 1.165) is 29.1 Å². The van der Waals surface area contributed by atoms with Crippen LogP contribution in [0, 0.1) is 13.8 Å². The average Bonchev–Trinajstić information content (AvgIpc) is 2.67. The number of aliphatic hydroxyl groups excluding tert-OH is 1. The summed E-state index contributed by atoms with van der Waals surface area (Å²) in [5, 5.41) is 9.34. The van der Waals surface area contributed by atoms with Gasteiger partial charge in [-0.2, -0.15) is 16.1 Å². The lowest BCUT2D eigenvalue weighted by molar-refractivity contribution is 0.280. The summed E-state index contributed by atoms with van der Waals surface area (Å²) in [6.07, 6.45) is 0.891. The van der Waals surface area contributed by atoms with Crippen molar-refractivity contribution in [3.05, 3.63) is 28.8 Å². The molecular weight excluding hydrogens is 294 g/mol. The van der Waals surface area contributed by atoms with Crippen LogP contribution in [0.3, 0.4) is 0 Å². The zero-order valence-electron chi connectivity index (χ0n) is 11.9. The molecule has 1 saturated heterocycles. The van der Waals surface area contributed by atoms with Crippen LogP contribution in [-0.2, 0) is 16.6 Å². The first-order valence-corrected chi connectivity index (χ1v) is 9.35. The van der Waals surface area contributed by atoms with E-state index in [1.54, 1.807) is 22.1 Å². The number of rotatable bonds is 3. The zero-order valence-corrected chi connectivity index (χ0v) is 13.6. The molecule has 4 nitrogen and oxygen atoms in total. The van der Waals surface area contributed by atoms with E-state index >= 15 is 0 Å². The molecule has 2 rings (SSSR count). The minimum atomic E-state index is -3.46. The van der Waals surface area contributed by atoms with E-state index in [4.69, 9.17) is 0 Å². The Hall–Kier alpha value is -0.560. The van der Waals surface area contributed by atoms with Crippen molar-refractivity contribution in [1.82, 2.24) is 4.31 Å². The molecule has 112 valence electrons. The third kappa shape index (κ3) is 3.19. The van der Waals surface area contributed by atoms with Crippen molar-refractivity contribution in [3.63, 3.8) is 0 Å². The predicted molar refractivity (Wildman–Crippen MR) is 82.5 cm³/mol. The van der Waals surface area contributed by atoms with Gasteiger partial charge in [-0.15, -0.1) is 0 Å². The number of aryl methyl sites for hydroxylation is 2. The van der Waals surface area contributed by atoms with Gasteiger partial charge in [0.1, 0.15) is 0 Å². The lowest BCUT2D eigenvalue weighted by atomic mass is 10.1. The van der Waals surface area contributed by atoms with Gasteiger partial charge in [0.2, 0.25) is 10.0 Å². The van der Waals surface area contributed by atoms with Crippen LogP contribution in [0.25, 0.3) is 0 Å². The van der Waals surface area contributed by atoms with Crippen LogP contribution in [0.4, 0.5) is 0 Å². The summed E-state index contributed by atoms with van der Waals surface area (Å²) in [5.41, 5.74) is 2.35. The molecule has 0 aromatic heterocycles. The summed E-state index contributed by atoms with van der Waals surface area (Å²) >= 11 is 1.80. The summed E-state index contributed by atoms with van der Waals surface area (Å²) in [4.78, 5) is 0.332. The fourth-order valence-electron chi connectivity index (χ4n) is 2.43. The van der Waals surface area contributed by atoms with E-state index in [0.29, 0.717) is 23.5 Å². The largest absolute Gasteiger partial charge is 0.392 e. The van der Waals surface area contributed by atoms with Gasteiger partial charge in [0.05, 0.1) is 11.5 Å². The van der Waals surface area contributed by atoms with E-state index in [9.17, 15) is 13.5 Å².